The van der Waals surface area contributed by atoms with Gasteiger partial charge in [-0.15, -0.1) is 11.3 Å². The van der Waals surface area contributed by atoms with Gasteiger partial charge in [0.05, 0.1) is 12.1 Å². The molecule has 0 bridgehead atoms. The first-order chi connectivity index (χ1) is 12.0. The Labute approximate surface area is 155 Å². The first-order valence-corrected chi connectivity index (χ1v) is 10.2. The van der Waals surface area contributed by atoms with E-state index in [1.54, 1.807) is 11.3 Å². The topological polar surface area (TPSA) is 59.5 Å². The van der Waals surface area contributed by atoms with E-state index in [4.69, 9.17) is 4.74 Å². The van der Waals surface area contributed by atoms with E-state index in [1.165, 1.54) is 11.3 Å². The zero-order chi connectivity index (χ0) is 17.8. The zero-order valence-electron chi connectivity index (χ0n) is 14.4. The average molecular weight is 379 g/mol. The molecule has 2 aromatic heterocycles. The van der Waals surface area contributed by atoms with Gasteiger partial charge in [0.2, 0.25) is 0 Å². The number of aromatic nitrogens is 1. The summed E-state index contributed by atoms with van der Waals surface area (Å²) < 4.78 is 5.17. The Bertz CT molecular complexity index is 717. The van der Waals surface area contributed by atoms with Crippen molar-refractivity contribution >= 4 is 34.6 Å². The number of likely N-dealkylation sites (tertiary alicyclic amines) is 1. The number of thiophene rings is 1. The van der Waals surface area contributed by atoms with Gasteiger partial charge >= 0.3 is 5.97 Å². The molecule has 0 spiro atoms. The molecule has 2 aromatic rings. The molecule has 0 aromatic carbocycles. The van der Waals surface area contributed by atoms with Gasteiger partial charge in [0.1, 0.15) is 5.01 Å². The third-order valence-corrected chi connectivity index (χ3v) is 5.85. The molecule has 7 heteroatoms. The van der Waals surface area contributed by atoms with Gasteiger partial charge in [0.15, 0.2) is 6.61 Å². The van der Waals surface area contributed by atoms with Crippen LogP contribution in [0.4, 0.5) is 0 Å². The van der Waals surface area contributed by atoms with Gasteiger partial charge in [-0.05, 0) is 29.7 Å². The van der Waals surface area contributed by atoms with E-state index < -0.39 is 5.97 Å². The van der Waals surface area contributed by atoms with Crippen LogP contribution in [0.1, 0.15) is 26.0 Å². The highest BCUT2D eigenvalue weighted by molar-refractivity contribution is 7.14. The lowest BCUT2D eigenvalue weighted by molar-refractivity contribution is -0.152. The number of rotatable bonds is 5. The van der Waals surface area contributed by atoms with Gasteiger partial charge in [-0.1, -0.05) is 13.8 Å². The predicted octanol–water partition coefficient (Wildman–Crippen LogP) is 3.46. The summed E-state index contributed by atoms with van der Waals surface area (Å²) in [6.07, 6.45) is 1.24. The predicted molar refractivity (Wildman–Crippen MR) is 99.6 cm³/mol. The molecule has 1 fully saturated rings. The SMILES string of the molecule is C[C@H]1C[C@H](C)CN(C(=O)COC(=O)Cc2csc(-c3ccsc3)n2)C1. The highest BCUT2D eigenvalue weighted by Crippen LogP contribution is 2.26. The van der Waals surface area contributed by atoms with Crippen LogP contribution >= 0.6 is 22.7 Å². The maximum Gasteiger partial charge on any atom is 0.312 e. The second kappa shape index (κ2) is 8.10. The summed E-state index contributed by atoms with van der Waals surface area (Å²) >= 11 is 3.12. The highest BCUT2D eigenvalue weighted by atomic mass is 32.1. The van der Waals surface area contributed by atoms with E-state index in [1.807, 2.05) is 27.1 Å². The molecule has 134 valence electrons. The van der Waals surface area contributed by atoms with Gasteiger partial charge in [-0.3, -0.25) is 9.59 Å². The summed E-state index contributed by atoms with van der Waals surface area (Å²) in [7, 11) is 0. The van der Waals surface area contributed by atoms with E-state index in [0.717, 1.165) is 30.1 Å². The summed E-state index contributed by atoms with van der Waals surface area (Å²) in [5, 5.41) is 6.79. The third kappa shape index (κ3) is 4.89. The van der Waals surface area contributed by atoms with E-state index in [2.05, 4.69) is 18.8 Å². The lowest BCUT2D eigenvalue weighted by Crippen LogP contribution is -2.44. The standard InChI is InChI=1S/C18H22N2O3S2/c1-12-5-13(2)8-20(7-12)16(21)9-23-17(22)6-15-11-25-18(19-15)14-3-4-24-10-14/h3-4,10-13H,5-9H2,1-2H3/t12-,13-/m0/s1. The number of nitrogens with zero attached hydrogens (tertiary/aromatic N) is 2. The number of amides is 1. The molecular weight excluding hydrogens is 356 g/mol. The number of carbonyl (C=O) groups excluding carboxylic acids is 2. The Morgan fingerprint density at radius 3 is 2.72 bits per heavy atom. The summed E-state index contributed by atoms with van der Waals surface area (Å²) in [4.78, 5) is 30.5. The highest BCUT2D eigenvalue weighted by Gasteiger charge is 2.26. The molecule has 0 saturated carbocycles. The number of esters is 1. The van der Waals surface area contributed by atoms with Crippen LogP contribution in [0.2, 0.25) is 0 Å². The van der Waals surface area contributed by atoms with Crippen LogP contribution in [0.15, 0.2) is 22.2 Å². The van der Waals surface area contributed by atoms with Crippen molar-refractivity contribution in [3.63, 3.8) is 0 Å². The van der Waals surface area contributed by atoms with Crippen LogP contribution in [0, 0.1) is 11.8 Å². The molecule has 0 aliphatic carbocycles. The minimum Gasteiger partial charge on any atom is -0.455 e. The van der Waals surface area contributed by atoms with Crippen molar-refractivity contribution in [1.82, 2.24) is 9.88 Å². The van der Waals surface area contributed by atoms with Crippen LogP contribution in [0.3, 0.4) is 0 Å². The van der Waals surface area contributed by atoms with E-state index in [-0.39, 0.29) is 18.9 Å². The fourth-order valence-electron chi connectivity index (χ4n) is 3.21. The first-order valence-electron chi connectivity index (χ1n) is 8.41. The number of hydrogen-bond donors (Lipinski definition) is 0. The van der Waals surface area contributed by atoms with Crippen molar-refractivity contribution < 1.29 is 14.3 Å². The second-order valence-electron chi connectivity index (χ2n) is 6.74. The second-order valence-corrected chi connectivity index (χ2v) is 8.38. The summed E-state index contributed by atoms with van der Waals surface area (Å²) in [6, 6.07) is 2.00. The molecule has 0 N–H and O–H groups in total. The van der Waals surface area contributed by atoms with E-state index >= 15 is 0 Å². The minimum absolute atomic E-state index is 0.0979. The van der Waals surface area contributed by atoms with Crippen molar-refractivity contribution in [3.05, 3.63) is 27.9 Å². The van der Waals surface area contributed by atoms with Gasteiger partial charge in [-0.2, -0.15) is 11.3 Å². The summed E-state index contributed by atoms with van der Waals surface area (Å²) in [5.74, 6) is 0.473. The maximum absolute atomic E-state index is 12.2. The number of piperidine rings is 1. The number of hydrogen-bond acceptors (Lipinski definition) is 6. The van der Waals surface area contributed by atoms with Crippen LogP contribution in [0.5, 0.6) is 0 Å². The summed E-state index contributed by atoms with van der Waals surface area (Å²) in [6.45, 7) is 5.61. The molecule has 1 aliphatic rings. The van der Waals surface area contributed by atoms with Gasteiger partial charge in [0, 0.05) is 29.4 Å². The normalized spacial score (nSPS) is 20.5. The monoisotopic (exact) mass is 378 g/mol. The number of thiazole rings is 1. The van der Waals surface area contributed by atoms with Crippen LogP contribution in [-0.2, 0) is 20.7 Å². The molecular formula is C18H22N2O3S2. The molecule has 1 saturated heterocycles. The van der Waals surface area contributed by atoms with Crippen molar-refractivity contribution in [2.24, 2.45) is 11.8 Å². The smallest absolute Gasteiger partial charge is 0.312 e. The quantitative estimate of drug-likeness (QED) is 0.748. The molecule has 0 unspecified atom stereocenters. The maximum atomic E-state index is 12.2. The first kappa shape index (κ1) is 18.1. The van der Waals surface area contributed by atoms with Crippen LogP contribution in [0.25, 0.3) is 10.6 Å². The Morgan fingerprint density at radius 2 is 2.04 bits per heavy atom. The fourth-order valence-corrected chi connectivity index (χ4v) is 4.74. The number of carbonyl (C=O) groups is 2. The van der Waals surface area contributed by atoms with Gasteiger partial charge in [-0.25, -0.2) is 4.98 Å². The Hall–Kier alpha value is -1.73. The lowest BCUT2D eigenvalue weighted by Gasteiger charge is -2.34. The average Bonchev–Trinajstić information content (AvgIpc) is 3.22. The lowest BCUT2D eigenvalue weighted by atomic mass is 9.92. The van der Waals surface area contributed by atoms with Crippen molar-refractivity contribution in [2.75, 3.05) is 19.7 Å². The largest absolute Gasteiger partial charge is 0.455 e. The van der Waals surface area contributed by atoms with E-state index in [9.17, 15) is 9.59 Å². The fraction of sp³-hybridized carbons (Fsp3) is 0.500. The minimum atomic E-state index is -0.409. The Morgan fingerprint density at radius 1 is 1.28 bits per heavy atom. The number of ether oxygens (including phenoxy) is 1. The molecule has 3 heterocycles. The molecule has 5 nitrogen and oxygen atoms in total. The molecule has 2 atom stereocenters. The Balaban J connectivity index is 1.47. The zero-order valence-corrected chi connectivity index (χ0v) is 16.1. The van der Waals surface area contributed by atoms with E-state index in [0.29, 0.717) is 17.5 Å². The summed E-state index contributed by atoms with van der Waals surface area (Å²) in [5.41, 5.74) is 1.75. The van der Waals surface area contributed by atoms with Gasteiger partial charge in [0.25, 0.3) is 5.91 Å². The van der Waals surface area contributed by atoms with Crippen molar-refractivity contribution in [3.8, 4) is 10.6 Å². The molecule has 1 aliphatic heterocycles. The third-order valence-electron chi connectivity index (χ3n) is 4.22. The van der Waals surface area contributed by atoms with Crippen molar-refractivity contribution in [2.45, 2.75) is 26.7 Å². The van der Waals surface area contributed by atoms with Gasteiger partial charge < -0.3 is 9.64 Å². The van der Waals surface area contributed by atoms with Crippen LogP contribution < -0.4 is 0 Å². The molecule has 1 amide bonds. The van der Waals surface area contributed by atoms with Crippen molar-refractivity contribution in [1.29, 1.82) is 0 Å². The van der Waals surface area contributed by atoms with Crippen LogP contribution in [-0.4, -0.2) is 41.5 Å². The molecule has 0 radical (unpaired) electrons. The Kier molecular flexibility index (Phi) is 5.86. The molecule has 3 rings (SSSR count). The molecule has 25 heavy (non-hydrogen) atoms.